The minimum Gasteiger partial charge on any atom is -0.354 e. The van der Waals surface area contributed by atoms with E-state index in [1.165, 1.54) is 26.2 Å². The summed E-state index contributed by atoms with van der Waals surface area (Å²) < 4.78 is 11.7. The molecule has 0 saturated carbocycles. The molecule has 0 spiro atoms. The Morgan fingerprint density at radius 2 is 1.91 bits per heavy atom. The Hall–Kier alpha value is -1.67. The van der Waals surface area contributed by atoms with Crippen molar-refractivity contribution in [1.29, 1.82) is 0 Å². The molecule has 1 aromatic rings. The molecule has 2 aliphatic rings. The van der Waals surface area contributed by atoms with E-state index in [0.717, 1.165) is 19.4 Å². The van der Waals surface area contributed by atoms with Gasteiger partial charge in [-0.3, -0.25) is 14.5 Å². The number of rotatable bonds is 10. The van der Waals surface area contributed by atoms with Gasteiger partial charge in [0.25, 0.3) is 5.91 Å². The molecular weight excluding hydrogens is 430 g/mol. The molecule has 2 aliphatic heterocycles. The molecule has 0 aromatic heterocycles. The Morgan fingerprint density at radius 1 is 1.19 bits per heavy atom. The second-order valence-corrected chi connectivity index (χ2v) is 9.45. The molecule has 1 aromatic carbocycles. The number of nitrogens with one attached hydrogen (secondary N) is 2. The Balaban J connectivity index is 1.79. The van der Waals surface area contributed by atoms with Crippen LogP contribution in [0.2, 0.25) is 0 Å². The van der Waals surface area contributed by atoms with Crippen LogP contribution in [-0.4, -0.2) is 60.0 Å². The highest BCUT2D eigenvalue weighted by Crippen LogP contribution is 2.45. The van der Waals surface area contributed by atoms with E-state index in [1.54, 1.807) is 19.2 Å². The Bertz CT molecular complexity index is 765. The van der Waals surface area contributed by atoms with Crippen molar-refractivity contribution in [3.63, 3.8) is 0 Å². The van der Waals surface area contributed by atoms with Crippen molar-refractivity contribution in [2.45, 2.75) is 88.4 Å². The second kappa shape index (κ2) is 11.5. The molecule has 0 aliphatic carbocycles. The van der Waals surface area contributed by atoms with Crippen LogP contribution >= 0.6 is 11.6 Å². The highest BCUT2D eigenvalue weighted by atomic mass is 35.5. The number of carbonyl (C=O) groups is 2. The van der Waals surface area contributed by atoms with E-state index >= 15 is 0 Å². The van der Waals surface area contributed by atoms with Gasteiger partial charge in [0.2, 0.25) is 5.91 Å². The third kappa shape index (κ3) is 5.81. The van der Waals surface area contributed by atoms with Crippen molar-refractivity contribution in [2.24, 2.45) is 0 Å². The predicted molar refractivity (Wildman–Crippen MR) is 124 cm³/mol. The standard InChI is InChI=1S/C24H36ClN3O4/c1-4-5-6-7-11-14-28-20-15-19(27-21(30)18-12-9-8-10-13-18)16-24(28,25)23(26-17(2)29)32-22(20)31-3/h8-10,12-13,19-20,22-23H,4-7,11,14-16H2,1-3H3,(H,26,29)(H,27,30). The zero-order valence-corrected chi connectivity index (χ0v) is 20.1. The van der Waals surface area contributed by atoms with E-state index in [2.05, 4.69) is 22.5 Å². The Morgan fingerprint density at radius 3 is 2.56 bits per heavy atom. The smallest absolute Gasteiger partial charge is 0.251 e. The van der Waals surface area contributed by atoms with Gasteiger partial charge >= 0.3 is 0 Å². The molecule has 2 saturated heterocycles. The number of carbonyl (C=O) groups excluding carboxylic acids is 2. The number of amides is 2. The fourth-order valence-electron chi connectivity index (χ4n) is 4.83. The molecule has 2 bridgehead atoms. The molecule has 3 rings (SSSR count). The number of alkyl halides is 1. The lowest BCUT2D eigenvalue weighted by Crippen LogP contribution is -2.75. The SMILES string of the molecule is CCCCCCCN1C2CC(NC(=O)c3ccccc3)CC1(Cl)C(NC(C)=O)OC2OC. The van der Waals surface area contributed by atoms with Crippen molar-refractivity contribution >= 4 is 23.4 Å². The topological polar surface area (TPSA) is 79.9 Å². The fourth-order valence-corrected chi connectivity index (χ4v) is 5.33. The van der Waals surface area contributed by atoms with Gasteiger partial charge < -0.3 is 20.1 Å². The van der Waals surface area contributed by atoms with Crippen molar-refractivity contribution < 1.29 is 19.1 Å². The summed E-state index contributed by atoms with van der Waals surface area (Å²) in [4.78, 5) is 26.0. The normalized spacial score (nSPS) is 30.0. The van der Waals surface area contributed by atoms with E-state index < -0.39 is 17.5 Å². The summed E-state index contributed by atoms with van der Waals surface area (Å²) in [5.74, 6) is -0.352. The zero-order valence-electron chi connectivity index (χ0n) is 19.3. The number of methoxy groups -OCH3 is 1. The van der Waals surface area contributed by atoms with Gasteiger partial charge in [-0.1, -0.05) is 62.4 Å². The van der Waals surface area contributed by atoms with Gasteiger partial charge in [-0.05, 0) is 25.0 Å². The maximum absolute atomic E-state index is 12.8. The molecule has 2 heterocycles. The van der Waals surface area contributed by atoms with Crippen LogP contribution in [0.15, 0.2) is 30.3 Å². The number of halogens is 1. The third-order valence-corrected chi connectivity index (χ3v) is 6.93. The maximum atomic E-state index is 12.8. The van der Waals surface area contributed by atoms with Gasteiger partial charge in [0, 0.05) is 38.6 Å². The molecule has 2 fully saturated rings. The van der Waals surface area contributed by atoms with Gasteiger partial charge in [-0.25, -0.2) is 0 Å². The molecule has 8 heteroatoms. The lowest BCUT2D eigenvalue weighted by Gasteiger charge is -2.58. The number of unbranched alkanes of at least 4 members (excludes halogenated alkanes) is 4. The Labute approximate surface area is 196 Å². The molecule has 2 N–H and O–H groups in total. The van der Waals surface area contributed by atoms with Crippen LogP contribution in [0.5, 0.6) is 0 Å². The number of ether oxygens (including phenoxy) is 2. The highest BCUT2D eigenvalue weighted by Gasteiger charge is 2.58. The van der Waals surface area contributed by atoms with E-state index in [4.69, 9.17) is 21.1 Å². The van der Waals surface area contributed by atoms with Crippen LogP contribution in [-0.2, 0) is 14.3 Å². The van der Waals surface area contributed by atoms with Crippen molar-refractivity contribution in [2.75, 3.05) is 13.7 Å². The van der Waals surface area contributed by atoms with Gasteiger partial charge in [0.15, 0.2) is 12.5 Å². The first-order valence-corrected chi connectivity index (χ1v) is 12.0. The van der Waals surface area contributed by atoms with Gasteiger partial charge in [0.05, 0.1) is 6.04 Å². The summed E-state index contributed by atoms with van der Waals surface area (Å²) in [6.45, 7) is 4.44. The van der Waals surface area contributed by atoms with Crippen LogP contribution in [0.3, 0.4) is 0 Å². The minimum atomic E-state index is -0.969. The predicted octanol–water partition coefficient (Wildman–Crippen LogP) is 3.62. The van der Waals surface area contributed by atoms with Crippen LogP contribution in [0.25, 0.3) is 0 Å². The van der Waals surface area contributed by atoms with Crippen LogP contribution in [0.1, 0.15) is 69.2 Å². The summed E-state index contributed by atoms with van der Waals surface area (Å²) in [6.07, 6.45) is 5.57. The second-order valence-electron chi connectivity index (χ2n) is 8.79. The molecule has 32 heavy (non-hydrogen) atoms. The van der Waals surface area contributed by atoms with E-state index in [0.29, 0.717) is 18.4 Å². The number of piperidine rings is 1. The number of nitrogens with zero attached hydrogens (tertiary/aromatic N) is 1. The zero-order chi connectivity index (χ0) is 23.1. The van der Waals surface area contributed by atoms with Gasteiger partial charge in [0.1, 0.15) is 5.00 Å². The lowest BCUT2D eigenvalue weighted by molar-refractivity contribution is -0.274. The number of benzene rings is 1. The van der Waals surface area contributed by atoms with Gasteiger partial charge in [-0.15, -0.1) is 0 Å². The molecular formula is C24H36ClN3O4. The quantitative estimate of drug-likeness (QED) is 0.313. The van der Waals surface area contributed by atoms with Crippen molar-refractivity contribution in [3.05, 3.63) is 35.9 Å². The van der Waals surface area contributed by atoms with Crippen LogP contribution in [0.4, 0.5) is 0 Å². The molecule has 5 unspecified atom stereocenters. The van der Waals surface area contributed by atoms with Crippen molar-refractivity contribution in [3.8, 4) is 0 Å². The van der Waals surface area contributed by atoms with E-state index in [-0.39, 0.29) is 23.9 Å². The Kier molecular flexibility index (Phi) is 8.94. The fraction of sp³-hybridized carbons (Fsp3) is 0.667. The molecule has 178 valence electrons. The first kappa shape index (κ1) is 25.0. The van der Waals surface area contributed by atoms with Crippen molar-refractivity contribution in [1.82, 2.24) is 15.5 Å². The number of fused-ring (bicyclic) bond motifs is 2. The summed E-state index contributed by atoms with van der Waals surface area (Å²) >= 11 is 7.25. The summed E-state index contributed by atoms with van der Waals surface area (Å²) in [5.41, 5.74) is 0.609. The highest BCUT2D eigenvalue weighted by molar-refractivity contribution is 6.24. The maximum Gasteiger partial charge on any atom is 0.251 e. The number of hydrogen-bond donors (Lipinski definition) is 2. The average molecular weight is 466 g/mol. The molecule has 5 atom stereocenters. The molecule has 2 amide bonds. The van der Waals surface area contributed by atoms with Crippen LogP contribution < -0.4 is 10.6 Å². The largest absolute Gasteiger partial charge is 0.354 e. The monoisotopic (exact) mass is 465 g/mol. The number of morpholine rings is 1. The molecule has 7 nitrogen and oxygen atoms in total. The average Bonchev–Trinajstić information content (AvgIpc) is 2.77. The minimum absolute atomic E-state index is 0.122. The summed E-state index contributed by atoms with van der Waals surface area (Å²) in [7, 11) is 1.60. The van der Waals surface area contributed by atoms with Crippen LogP contribution in [0, 0.1) is 0 Å². The summed E-state index contributed by atoms with van der Waals surface area (Å²) in [6, 6.07) is 8.86. The summed E-state index contributed by atoms with van der Waals surface area (Å²) in [5, 5.41) is 6.00. The first-order valence-electron chi connectivity index (χ1n) is 11.7. The lowest BCUT2D eigenvalue weighted by atomic mass is 9.86. The first-order chi connectivity index (χ1) is 15.4. The number of hydrogen-bond acceptors (Lipinski definition) is 5. The van der Waals surface area contributed by atoms with E-state index in [1.807, 2.05) is 18.2 Å². The third-order valence-electron chi connectivity index (χ3n) is 6.36. The molecule has 0 radical (unpaired) electrons. The van der Waals surface area contributed by atoms with Gasteiger partial charge in [-0.2, -0.15) is 0 Å². The van der Waals surface area contributed by atoms with E-state index in [9.17, 15) is 9.59 Å².